The Morgan fingerprint density at radius 3 is 2.63 bits per heavy atom. The molecule has 2 aliphatic rings. The van der Waals surface area contributed by atoms with E-state index in [0.717, 1.165) is 32.1 Å². The summed E-state index contributed by atoms with van der Waals surface area (Å²) < 4.78 is 0. The molecule has 0 bridgehead atoms. The van der Waals surface area contributed by atoms with Crippen molar-refractivity contribution in [3.63, 3.8) is 0 Å². The molecule has 19 heavy (non-hydrogen) atoms. The van der Waals surface area contributed by atoms with Crippen LogP contribution in [-0.4, -0.2) is 49.6 Å². The maximum atomic E-state index is 11.6. The lowest BCUT2D eigenvalue weighted by atomic mass is 10.1. The van der Waals surface area contributed by atoms with Gasteiger partial charge in [-0.2, -0.15) is 0 Å². The van der Waals surface area contributed by atoms with Crippen molar-refractivity contribution in [2.24, 2.45) is 0 Å². The van der Waals surface area contributed by atoms with Crippen molar-refractivity contribution in [1.82, 2.24) is 15.5 Å². The van der Waals surface area contributed by atoms with Gasteiger partial charge >= 0.3 is 0 Å². The Kier molecular flexibility index (Phi) is 9.79. The lowest BCUT2D eigenvalue weighted by Gasteiger charge is -2.16. The summed E-state index contributed by atoms with van der Waals surface area (Å²) in [5, 5.41) is 6.43. The quantitative estimate of drug-likeness (QED) is 0.750. The molecule has 1 aliphatic heterocycles. The van der Waals surface area contributed by atoms with E-state index in [9.17, 15) is 4.79 Å². The van der Waals surface area contributed by atoms with Crippen molar-refractivity contribution in [2.45, 2.75) is 50.6 Å². The molecule has 0 aromatic rings. The van der Waals surface area contributed by atoms with Gasteiger partial charge in [0.2, 0.25) is 5.91 Å². The van der Waals surface area contributed by atoms with E-state index in [1.54, 1.807) is 0 Å². The van der Waals surface area contributed by atoms with Crippen LogP contribution in [0.5, 0.6) is 0 Å². The van der Waals surface area contributed by atoms with Crippen LogP contribution >= 0.6 is 24.8 Å². The second kappa shape index (κ2) is 9.81. The van der Waals surface area contributed by atoms with Gasteiger partial charge in [0.25, 0.3) is 0 Å². The molecule has 6 heteroatoms. The summed E-state index contributed by atoms with van der Waals surface area (Å²) in [5.41, 5.74) is 0. The van der Waals surface area contributed by atoms with Crippen molar-refractivity contribution in [3.05, 3.63) is 0 Å². The molecule has 1 saturated heterocycles. The molecule has 0 spiro atoms. The summed E-state index contributed by atoms with van der Waals surface area (Å²) in [7, 11) is 2.15. The highest BCUT2D eigenvalue weighted by Crippen LogP contribution is 2.24. The summed E-state index contributed by atoms with van der Waals surface area (Å²) in [4.78, 5) is 14.0. The first-order chi connectivity index (χ1) is 8.25. The first-order valence-corrected chi connectivity index (χ1v) is 6.96. The number of rotatable bonds is 7. The van der Waals surface area contributed by atoms with Gasteiger partial charge in [0.15, 0.2) is 0 Å². The predicted molar refractivity (Wildman–Crippen MR) is 83.4 cm³/mol. The number of carbonyl (C=O) groups is 1. The van der Waals surface area contributed by atoms with E-state index in [0.29, 0.717) is 12.5 Å². The minimum Gasteiger partial charge on any atom is -0.355 e. The van der Waals surface area contributed by atoms with E-state index in [2.05, 4.69) is 22.6 Å². The Hall–Kier alpha value is -0.0300. The first-order valence-electron chi connectivity index (χ1n) is 6.96. The van der Waals surface area contributed by atoms with E-state index in [1.165, 1.54) is 25.7 Å². The lowest BCUT2D eigenvalue weighted by molar-refractivity contribution is -0.121. The van der Waals surface area contributed by atoms with Crippen LogP contribution in [0, 0.1) is 0 Å². The third kappa shape index (κ3) is 7.35. The van der Waals surface area contributed by atoms with E-state index < -0.39 is 0 Å². The summed E-state index contributed by atoms with van der Waals surface area (Å²) in [5.74, 6) is 0.211. The number of amides is 1. The lowest BCUT2D eigenvalue weighted by Crippen LogP contribution is -2.34. The molecule has 0 aromatic heterocycles. The monoisotopic (exact) mass is 311 g/mol. The fourth-order valence-electron chi connectivity index (χ4n) is 2.47. The molecule has 1 atom stereocenters. The van der Waals surface area contributed by atoms with Crippen LogP contribution in [0.2, 0.25) is 0 Å². The van der Waals surface area contributed by atoms with Gasteiger partial charge in [-0.1, -0.05) is 0 Å². The number of nitrogens with zero attached hydrogens (tertiary/aromatic N) is 1. The first kappa shape index (κ1) is 19.0. The zero-order chi connectivity index (χ0) is 12.1. The summed E-state index contributed by atoms with van der Waals surface area (Å²) in [6, 6.07) is 1.37. The number of carbonyl (C=O) groups excluding carboxylic acids is 1. The molecule has 1 heterocycles. The van der Waals surface area contributed by atoms with E-state index in [4.69, 9.17) is 0 Å². The summed E-state index contributed by atoms with van der Waals surface area (Å²) in [6.07, 6.45) is 6.82. The zero-order valence-electron chi connectivity index (χ0n) is 11.7. The van der Waals surface area contributed by atoms with Crippen LogP contribution < -0.4 is 10.6 Å². The molecule has 0 aromatic carbocycles. The average Bonchev–Trinajstić information content (AvgIpc) is 3.04. The molecule has 2 rings (SSSR count). The molecule has 2 N–H and O–H groups in total. The smallest absolute Gasteiger partial charge is 0.220 e. The topological polar surface area (TPSA) is 44.4 Å². The molecule has 0 radical (unpaired) electrons. The third-order valence-corrected chi connectivity index (χ3v) is 3.84. The largest absolute Gasteiger partial charge is 0.355 e. The maximum absolute atomic E-state index is 11.6. The van der Waals surface area contributed by atoms with E-state index in [-0.39, 0.29) is 30.7 Å². The molecule has 1 amide bonds. The minimum atomic E-state index is 0. The SMILES string of the molecule is CN(CCNC(=O)CCC1CCCN1)C1CC1.Cl.Cl. The number of hydrogen-bond donors (Lipinski definition) is 2. The molecule has 114 valence electrons. The van der Waals surface area contributed by atoms with Crippen molar-refractivity contribution < 1.29 is 4.79 Å². The number of nitrogens with one attached hydrogen (secondary N) is 2. The van der Waals surface area contributed by atoms with E-state index in [1.807, 2.05) is 0 Å². The molecular weight excluding hydrogens is 285 g/mol. The fraction of sp³-hybridized carbons (Fsp3) is 0.923. The van der Waals surface area contributed by atoms with Gasteiger partial charge in [-0.3, -0.25) is 4.79 Å². The molecule has 1 unspecified atom stereocenters. The summed E-state index contributed by atoms with van der Waals surface area (Å²) >= 11 is 0. The van der Waals surface area contributed by atoms with Crippen LogP contribution in [0.3, 0.4) is 0 Å². The molecule has 2 fully saturated rings. The predicted octanol–water partition coefficient (Wildman–Crippen LogP) is 1.57. The van der Waals surface area contributed by atoms with Crippen LogP contribution in [0.4, 0.5) is 0 Å². The molecule has 1 aliphatic carbocycles. The van der Waals surface area contributed by atoms with E-state index >= 15 is 0 Å². The van der Waals surface area contributed by atoms with Crippen LogP contribution in [0.25, 0.3) is 0 Å². The molecular formula is C13H27Cl2N3O. The van der Waals surface area contributed by atoms with Crippen molar-refractivity contribution >= 4 is 30.7 Å². The molecule has 4 nitrogen and oxygen atoms in total. The standard InChI is InChI=1S/C13H25N3O.2ClH/c1-16(12-5-6-12)10-9-15-13(17)7-4-11-3-2-8-14-11;;/h11-12,14H,2-10H2,1H3,(H,15,17);2*1H. The Morgan fingerprint density at radius 2 is 2.05 bits per heavy atom. The van der Waals surface area contributed by atoms with Crippen molar-refractivity contribution in [2.75, 3.05) is 26.7 Å². The number of likely N-dealkylation sites (N-methyl/N-ethyl adjacent to an activating group) is 1. The van der Waals surface area contributed by atoms with Gasteiger partial charge < -0.3 is 15.5 Å². The molecule has 1 saturated carbocycles. The van der Waals surface area contributed by atoms with Crippen molar-refractivity contribution in [1.29, 1.82) is 0 Å². The van der Waals surface area contributed by atoms with Gasteiger partial charge in [0.1, 0.15) is 0 Å². The van der Waals surface area contributed by atoms with Crippen LogP contribution in [-0.2, 0) is 4.79 Å². The van der Waals surface area contributed by atoms with Crippen molar-refractivity contribution in [3.8, 4) is 0 Å². The van der Waals surface area contributed by atoms with Gasteiger partial charge in [0.05, 0.1) is 0 Å². The Morgan fingerprint density at radius 1 is 1.32 bits per heavy atom. The highest BCUT2D eigenvalue weighted by atomic mass is 35.5. The van der Waals surface area contributed by atoms with Gasteiger partial charge in [-0.05, 0) is 45.7 Å². The second-order valence-corrected chi connectivity index (χ2v) is 5.39. The Balaban J connectivity index is 0.00000162. The third-order valence-electron chi connectivity index (χ3n) is 3.84. The second-order valence-electron chi connectivity index (χ2n) is 5.39. The highest BCUT2D eigenvalue weighted by molar-refractivity contribution is 5.85. The normalized spacial score (nSPS) is 21.7. The Bertz CT molecular complexity index is 256. The maximum Gasteiger partial charge on any atom is 0.220 e. The Labute approximate surface area is 128 Å². The fourth-order valence-corrected chi connectivity index (χ4v) is 2.47. The number of halogens is 2. The minimum absolute atomic E-state index is 0. The summed E-state index contributed by atoms with van der Waals surface area (Å²) in [6.45, 7) is 2.90. The number of hydrogen-bond acceptors (Lipinski definition) is 3. The highest BCUT2D eigenvalue weighted by Gasteiger charge is 2.25. The van der Waals surface area contributed by atoms with Gasteiger partial charge in [0, 0.05) is 31.6 Å². The van der Waals surface area contributed by atoms with Crippen LogP contribution in [0.15, 0.2) is 0 Å². The zero-order valence-corrected chi connectivity index (χ0v) is 13.3. The van der Waals surface area contributed by atoms with Crippen LogP contribution in [0.1, 0.15) is 38.5 Å². The van der Waals surface area contributed by atoms with Gasteiger partial charge in [-0.25, -0.2) is 0 Å². The average molecular weight is 312 g/mol. The van der Waals surface area contributed by atoms with Gasteiger partial charge in [-0.15, -0.1) is 24.8 Å².